The van der Waals surface area contributed by atoms with Crippen LogP contribution in [0, 0.1) is 10.1 Å². The van der Waals surface area contributed by atoms with Gasteiger partial charge >= 0.3 is 0 Å². The Morgan fingerprint density at radius 1 is 1.41 bits per heavy atom. The summed E-state index contributed by atoms with van der Waals surface area (Å²) < 4.78 is 1.41. The van der Waals surface area contributed by atoms with Gasteiger partial charge in [0.05, 0.1) is 16.0 Å². The molecule has 1 aromatic carbocycles. The number of aryl methyl sites for hydroxylation is 1. The number of carbonyl (C=O) groups is 2. The number of non-ortho nitro benzene ring substituents is 1. The van der Waals surface area contributed by atoms with Crippen LogP contribution >= 0.6 is 0 Å². The Balaban J connectivity index is 2.25. The van der Waals surface area contributed by atoms with E-state index in [4.69, 9.17) is 0 Å². The maximum absolute atomic E-state index is 12.3. The van der Waals surface area contributed by atoms with E-state index < -0.39 is 16.2 Å². The van der Waals surface area contributed by atoms with Crippen LogP contribution in [0.3, 0.4) is 0 Å². The molecule has 0 saturated carbocycles. The van der Waals surface area contributed by atoms with Crippen LogP contribution in [0.2, 0.25) is 0 Å². The molecule has 1 atom stereocenters. The van der Waals surface area contributed by atoms with Gasteiger partial charge in [0.1, 0.15) is 5.52 Å². The fourth-order valence-corrected chi connectivity index (χ4v) is 2.90. The first kappa shape index (κ1) is 14.2. The van der Waals surface area contributed by atoms with Gasteiger partial charge < -0.3 is 0 Å². The molecule has 0 radical (unpaired) electrons. The number of nitrogens with one attached hydrogen (secondary N) is 1. The van der Waals surface area contributed by atoms with Gasteiger partial charge in [-0.15, -0.1) is 0 Å². The number of nitro groups is 1. The minimum Gasteiger partial charge on any atom is -0.296 e. The van der Waals surface area contributed by atoms with E-state index in [9.17, 15) is 19.7 Å². The van der Waals surface area contributed by atoms with Crippen LogP contribution in [-0.2, 0) is 22.1 Å². The van der Waals surface area contributed by atoms with Crippen molar-refractivity contribution in [3.05, 3.63) is 34.0 Å². The van der Waals surface area contributed by atoms with Crippen LogP contribution in [0.25, 0.3) is 10.9 Å². The van der Waals surface area contributed by atoms with E-state index >= 15 is 0 Å². The van der Waals surface area contributed by atoms with Gasteiger partial charge in [-0.2, -0.15) is 5.10 Å². The number of hydrogen-bond acceptors (Lipinski definition) is 5. The highest BCUT2D eigenvalue weighted by atomic mass is 16.6. The van der Waals surface area contributed by atoms with Gasteiger partial charge in [0.2, 0.25) is 11.8 Å². The zero-order valence-corrected chi connectivity index (χ0v) is 12.1. The molecule has 1 aliphatic heterocycles. The number of imide groups is 1. The topological polar surface area (TPSA) is 107 Å². The van der Waals surface area contributed by atoms with Gasteiger partial charge in [0.15, 0.2) is 0 Å². The van der Waals surface area contributed by atoms with E-state index in [1.165, 1.54) is 10.7 Å². The first-order valence-corrected chi connectivity index (χ1v) is 6.79. The summed E-state index contributed by atoms with van der Waals surface area (Å²) in [5, 5.41) is 18.4. The third-order valence-electron chi connectivity index (χ3n) is 4.17. The van der Waals surface area contributed by atoms with E-state index in [-0.39, 0.29) is 18.0 Å². The molecule has 1 fully saturated rings. The zero-order valence-electron chi connectivity index (χ0n) is 12.1. The van der Waals surface area contributed by atoms with E-state index in [1.54, 1.807) is 26.1 Å². The molecular formula is C14H14N4O4. The average molecular weight is 302 g/mol. The number of nitro benzene ring substituents is 1. The Morgan fingerprint density at radius 3 is 2.77 bits per heavy atom. The van der Waals surface area contributed by atoms with Crippen molar-refractivity contribution >= 4 is 28.4 Å². The van der Waals surface area contributed by atoms with E-state index in [0.717, 1.165) is 0 Å². The molecule has 1 aliphatic rings. The molecule has 0 bridgehead atoms. The first-order valence-electron chi connectivity index (χ1n) is 6.79. The number of benzene rings is 1. The van der Waals surface area contributed by atoms with Crippen molar-refractivity contribution in [3.8, 4) is 0 Å². The number of hydrogen-bond donors (Lipinski definition) is 1. The number of aromatic nitrogens is 2. The highest BCUT2D eigenvalue weighted by molar-refractivity contribution is 6.05. The monoisotopic (exact) mass is 302 g/mol. The molecule has 8 heteroatoms. The van der Waals surface area contributed by atoms with Crippen LogP contribution in [-0.4, -0.2) is 26.5 Å². The van der Waals surface area contributed by atoms with Gasteiger partial charge in [-0.1, -0.05) is 12.1 Å². The maximum Gasteiger partial charge on any atom is 0.295 e. The quantitative estimate of drug-likeness (QED) is 0.509. The lowest BCUT2D eigenvalue weighted by atomic mass is 9.77. The molecule has 8 nitrogen and oxygen atoms in total. The molecule has 0 spiro atoms. The SMILES string of the molecule is Cn1nc([C@@]2(C)CCC(=O)NC2=O)c2cccc([N+](=O)[O-])c21. The first-order chi connectivity index (χ1) is 10.3. The summed E-state index contributed by atoms with van der Waals surface area (Å²) in [7, 11) is 1.61. The minimum absolute atomic E-state index is 0.0605. The second-order valence-corrected chi connectivity index (χ2v) is 5.61. The van der Waals surface area contributed by atoms with Crippen LogP contribution in [0.5, 0.6) is 0 Å². The van der Waals surface area contributed by atoms with Crippen LogP contribution in [0.4, 0.5) is 5.69 Å². The molecule has 2 heterocycles. The summed E-state index contributed by atoms with van der Waals surface area (Å²) >= 11 is 0. The number of piperidine rings is 1. The third-order valence-corrected chi connectivity index (χ3v) is 4.17. The number of rotatable bonds is 2. The fourth-order valence-electron chi connectivity index (χ4n) is 2.90. The molecular weight excluding hydrogens is 288 g/mol. The molecule has 22 heavy (non-hydrogen) atoms. The van der Waals surface area contributed by atoms with Crippen molar-refractivity contribution in [2.24, 2.45) is 7.05 Å². The van der Waals surface area contributed by atoms with Crippen molar-refractivity contribution in [2.45, 2.75) is 25.2 Å². The molecule has 2 aromatic rings. The molecule has 2 amide bonds. The number of para-hydroxylation sites is 1. The predicted octanol–water partition coefficient (Wildman–Crippen LogP) is 1.18. The van der Waals surface area contributed by atoms with Gasteiger partial charge in [0.25, 0.3) is 5.69 Å². The van der Waals surface area contributed by atoms with Crippen LogP contribution < -0.4 is 5.32 Å². The van der Waals surface area contributed by atoms with E-state index in [2.05, 4.69) is 10.4 Å². The normalized spacial score (nSPS) is 21.9. The van der Waals surface area contributed by atoms with Crippen LogP contribution in [0.15, 0.2) is 18.2 Å². The van der Waals surface area contributed by atoms with Gasteiger partial charge in [-0.05, 0) is 13.3 Å². The molecule has 0 unspecified atom stereocenters. The standard InChI is InChI=1S/C14H14N4O4/c1-14(7-6-10(19)15-13(14)20)12-8-4-3-5-9(18(21)22)11(8)17(2)16-12/h3-5H,6-7H2,1-2H3,(H,15,19,20)/t14-/m1/s1. The van der Waals surface area contributed by atoms with E-state index in [0.29, 0.717) is 23.0 Å². The van der Waals surface area contributed by atoms with E-state index in [1.807, 2.05) is 0 Å². The summed E-state index contributed by atoms with van der Waals surface area (Å²) in [5.74, 6) is -0.732. The number of nitrogens with zero attached hydrogens (tertiary/aromatic N) is 3. The lowest BCUT2D eigenvalue weighted by molar-refractivity contribution is -0.383. The van der Waals surface area contributed by atoms with Crippen molar-refractivity contribution in [1.29, 1.82) is 0 Å². The maximum atomic E-state index is 12.3. The third kappa shape index (κ3) is 1.87. The molecule has 114 valence electrons. The molecule has 3 rings (SSSR count). The summed E-state index contributed by atoms with van der Waals surface area (Å²) in [5.41, 5.74) is -0.218. The Morgan fingerprint density at radius 2 is 2.14 bits per heavy atom. The molecule has 1 aromatic heterocycles. The van der Waals surface area contributed by atoms with Gasteiger partial charge in [-0.25, -0.2) is 0 Å². The van der Waals surface area contributed by atoms with Gasteiger partial charge in [-0.3, -0.25) is 29.7 Å². The second-order valence-electron chi connectivity index (χ2n) is 5.61. The van der Waals surface area contributed by atoms with Crippen LogP contribution in [0.1, 0.15) is 25.5 Å². The summed E-state index contributed by atoms with van der Waals surface area (Å²) in [6.45, 7) is 1.70. The fraction of sp³-hybridized carbons (Fsp3) is 0.357. The summed E-state index contributed by atoms with van der Waals surface area (Å²) in [4.78, 5) is 34.4. The highest BCUT2D eigenvalue weighted by Gasteiger charge is 2.43. The van der Waals surface area contributed by atoms with Gasteiger partial charge in [0, 0.05) is 24.9 Å². The number of amides is 2. The Kier molecular flexibility index (Phi) is 2.98. The van der Waals surface area contributed by atoms with Crippen molar-refractivity contribution < 1.29 is 14.5 Å². The summed E-state index contributed by atoms with van der Waals surface area (Å²) in [6, 6.07) is 4.68. The highest BCUT2D eigenvalue weighted by Crippen LogP contribution is 2.37. The number of carbonyl (C=O) groups excluding carboxylic acids is 2. The van der Waals surface area contributed by atoms with Crippen molar-refractivity contribution in [3.63, 3.8) is 0 Å². The predicted molar refractivity (Wildman–Crippen MR) is 77.1 cm³/mol. The van der Waals surface area contributed by atoms with Crippen molar-refractivity contribution in [1.82, 2.24) is 15.1 Å². The zero-order chi connectivity index (χ0) is 16.1. The Bertz CT molecular complexity index is 826. The summed E-state index contributed by atoms with van der Waals surface area (Å²) in [6.07, 6.45) is 0.543. The van der Waals surface area contributed by atoms with Crippen molar-refractivity contribution in [2.75, 3.05) is 0 Å². The molecule has 1 N–H and O–H groups in total. The molecule has 0 aliphatic carbocycles. The minimum atomic E-state index is -0.983. The lowest BCUT2D eigenvalue weighted by Gasteiger charge is -2.30. The average Bonchev–Trinajstić information content (AvgIpc) is 2.81. The molecule has 1 saturated heterocycles. The second kappa shape index (κ2) is 4.62. The largest absolute Gasteiger partial charge is 0.296 e. The smallest absolute Gasteiger partial charge is 0.295 e. The number of fused-ring (bicyclic) bond motifs is 1. The Labute approximate surface area is 125 Å². The Hall–Kier alpha value is -2.77. The lowest BCUT2D eigenvalue weighted by Crippen LogP contribution is -2.50.